The summed E-state index contributed by atoms with van der Waals surface area (Å²) in [4.78, 5) is 22.4. The summed E-state index contributed by atoms with van der Waals surface area (Å²) in [5.74, 6) is -6.58. The topological polar surface area (TPSA) is 57.6 Å². The fourth-order valence-electron chi connectivity index (χ4n) is 2.20. The Morgan fingerprint density at radius 2 is 1.86 bits per heavy atom. The molecule has 1 heterocycles. The smallest absolute Gasteiger partial charge is 0.471 e. The van der Waals surface area contributed by atoms with Crippen molar-refractivity contribution < 1.29 is 36.6 Å². The molecule has 0 radical (unpaired) electrons. The van der Waals surface area contributed by atoms with Gasteiger partial charge in [-0.15, -0.1) is 0 Å². The number of hydrogen-bond acceptors (Lipinski definition) is 2. The standard InChI is InChI=1S/C12H8F5NO3/c13-7-2-1-5-4-18(11(21)12(15,16)17)8(10(19)20)3-6(5)9(7)14/h1-2,8H,3-4H2,(H,19,20). The number of halogens is 5. The number of carbonyl (C=O) groups is 2. The second-order valence-corrected chi connectivity index (χ2v) is 4.49. The van der Waals surface area contributed by atoms with Crippen molar-refractivity contribution in [2.75, 3.05) is 0 Å². The highest BCUT2D eigenvalue weighted by atomic mass is 19.4. The summed E-state index contributed by atoms with van der Waals surface area (Å²) in [6.45, 7) is -0.748. The van der Waals surface area contributed by atoms with Crippen molar-refractivity contribution in [3.8, 4) is 0 Å². The number of carbonyl (C=O) groups excluding carboxylic acids is 1. The van der Waals surface area contributed by atoms with Crippen LogP contribution >= 0.6 is 0 Å². The molecule has 0 aromatic heterocycles. The molecule has 1 N–H and O–H groups in total. The summed E-state index contributed by atoms with van der Waals surface area (Å²) in [7, 11) is 0. The predicted octanol–water partition coefficient (Wildman–Crippen LogP) is 1.87. The highest BCUT2D eigenvalue weighted by molar-refractivity contribution is 5.87. The van der Waals surface area contributed by atoms with Gasteiger partial charge in [0.15, 0.2) is 11.6 Å². The van der Waals surface area contributed by atoms with E-state index >= 15 is 0 Å². The third kappa shape index (κ3) is 2.67. The molecule has 114 valence electrons. The van der Waals surface area contributed by atoms with Crippen molar-refractivity contribution >= 4 is 11.9 Å². The molecule has 21 heavy (non-hydrogen) atoms. The van der Waals surface area contributed by atoms with Crippen LogP contribution in [0.1, 0.15) is 11.1 Å². The van der Waals surface area contributed by atoms with Crippen LogP contribution in [-0.4, -0.2) is 34.1 Å². The maximum absolute atomic E-state index is 13.6. The predicted molar refractivity (Wildman–Crippen MR) is 58.1 cm³/mol. The Morgan fingerprint density at radius 3 is 2.38 bits per heavy atom. The highest BCUT2D eigenvalue weighted by Gasteiger charge is 2.48. The number of nitrogens with zero attached hydrogens (tertiary/aromatic N) is 1. The van der Waals surface area contributed by atoms with Gasteiger partial charge in [0.25, 0.3) is 0 Å². The molecule has 1 aromatic rings. The highest BCUT2D eigenvalue weighted by Crippen LogP contribution is 2.30. The lowest BCUT2D eigenvalue weighted by Gasteiger charge is -2.34. The van der Waals surface area contributed by atoms with Crippen LogP contribution in [0.2, 0.25) is 0 Å². The van der Waals surface area contributed by atoms with Crippen LogP contribution in [-0.2, 0) is 22.6 Å². The van der Waals surface area contributed by atoms with Crippen molar-refractivity contribution in [3.63, 3.8) is 0 Å². The van der Waals surface area contributed by atoms with E-state index < -0.39 is 48.7 Å². The maximum Gasteiger partial charge on any atom is 0.471 e. The van der Waals surface area contributed by atoms with Crippen molar-refractivity contribution in [2.45, 2.75) is 25.2 Å². The maximum atomic E-state index is 13.6. The van der Waals surface area contributed by atoms with Crippen LogP contribution in [0, 0.1) is 11.6 Å². The average molecular weight is 309 g/mol. The van der Waals surface area contributed by atoms with Crippen LogP contribution < -0.4 is 0 Å². The minimum Gasteiger partial charge on any atom is -0.480 e. The molecule has 1 aliphatic heterocycles. The van der Waals surface area contributed by atoms with Gasteiger partial charge in [0.05, 0.1) is 0 Å². The molecular formula is C12H8F5NO3. The zero-order valence-electron chi connectivity index (χ0n) is 10.2. The van der Waals surface area contributed by atoms with E-state index in [9.17, 15) is 31.5 Å². The molecule has 1 unspecified atom stereocenters. The number of alkyl halides is 3. The zero-order valence-corrected chi connectivity index (χ0v) is 10.2. The van der Waals surface area contributed by atoms with Crippen LogP contribution in [0.25, 0.3) is 0 Å². The quantitative estimate of drug-likeness (QED) is 0.806. The first kappa shape index (κ1) is 15.2. The van der Waals surface area contributed by atoms with Crippen LogP contribution in [0.3, 0.4) is 0 Å². The Bertz CT molecular complexity index is 614. The molecule has 4 nitrogen and oxygen atoms in total. The fourth-order valence-corrected chi connectivity index (χ4v) is 2.20. The van der Waals surface area contributed by atoms with E-state index in [1.165, 1.54) is 0 Å². The SMILES string of the molecule is O=C(O)C1Cc2c(ccc(F)c2F)CN1C(=O)C(F)(F)F. The molecule has 9 heteroatoms. The average Bonchev–Trinajstić information content (AvgIpc) is 2.40. The van der Waals surface area contributed by atoms with Gasteiger partial charge in [0, 0.05) is 13.0 Å². The Balaban J connectivity index is 2.47. The number of carboxylic acid groups (broad SMARTS) is 1. The minimum atomic E-state index is -5.25. The lowest BCUT2D eigenvalue weighted by atomic mass is 9.93. The molecule has 0 spiro atoms. The van der Waals surface area contributed by atoms with E-state index in [0.717, 1.165) is 6.07 Å². The van der Waals surface area contributed by atoms with Gasteiger partial charge in [0.1, 0.15) is 6.04 Å². The molecular weight excluding hydrogens is 301 g/mol. The van der Waals surface area contributed by atoms with Gasteiger partial charge in [-0.2, -0.15) is 13.2 Å². The number of aliphatic carboxylic acids is 1. The number of fused-ring (bicyclic) bond motifs is 1. The van der Waals surface area contributed by atoms with E-state index in [1.807, 2.05) is 0 Å². The number of carboxylic acids is 1. The summed E-state index contributed by atoms with van der Waals surface area (Å²) in [6, 6.07) is -0.156. The number of amides is 1. The molecule has 0 saturated heterocycles. The Labute approximate surface area is 114 Å². The third-order valence-electron chi connectivity index (χ3n) is 3.20. The van der Waals surface area contributed by atoms with Gasteiger partial charge < -0.3 is 10.0 Å². The lowest BCUT2D eigenvalue weighted by Crippen LogP contribution is -2.53. The molecule has 2 rings (SSSR count). The first-order chi connectivity index (χ1) is 9.62. The summed E-state index contributed by atoms with van der Waals surface area (Å²) < 4.78 is 64.1. The second kappa shape index (κ2) is 4.97. The van der Waals surface area contributed by atoms with Gasteiger partial charge in [-0.3, -0.25) is 4.79 Å². The molecule has 1 atom stereocenters. The summed E-state index contributed by atoms with van der Waals surface area (Å²) >= 11 is 0. The van der Waals surface area contributed by atoms with Crippen LogP contribution in [0.5, 0.6) is 0 Å². The van der Waals surface area contributed by atoms with Crippen molar-refractivity contribution in [1.82, 2.24) is 4.90 Å². The minimum absolute atomic E-state index is 0.0519. The lowest BCUT2D eigenvalue weighted by molar-refractivity contribution is -0.191. The van der Waals surface area contributed by atoms with Crippen LogP contribution in [0.4, 0.5) is 22.0 Å². The Morgan fingerprint density at radius 1 is 1.24 bits per heavy atom. The third-order valence-corrected chi connectivity index (χ3v) is 3.20. The van der Waals surface area contributed by atoms with Gasteiger partial charge in [0.2, 0.25) is 0 Å². The van der Waals surface area contributed by atoms with Crippen LogP contribution in [0.15, 0.2) is 12.1 Å². The Hall–Kier alpha value is -2.19. The number of benzene rings is 1. The molecule has 1 aromatic carbocycles. The van der Waals surface area contributed by atoms with Gasteiger partial charge in [-0.25, -0.2) is 13.6 Å². The van der Waals surface area contributed by atoms with E-state index in [2.05, 4.69) is 0 Å². The number of rotatable bonds is 1. The molecule has 1 amide bonds. The molecule has 0 saturated carbocycles. The van der Waals surface area contributed by atoms with Crippen molar-refractivity contribution in [3.05, 3.63) is 34.9 Å². The Kier molecular flexibility index (Phi) is 3.60. The molecule has 0 fully saturated rings. The normalized spacial score (nSPS) is 18.3. The van der Waals surface area contributed by atoms with Gasteiger partial charge in [-0.05, 0) is 17.2 Å². The summed E-state index contributed by atoms with van der Waals surface area (Å²) in [5, 5.41) is 8.93. The largest absolute Gasteiger partial charge is 0.480 e. The molecule has 0 aliphatic carbocycles. The second-order valence-electron chi connectivity index (χ2n) is 4.49. The summed E-state index contributed by atoms with van der Waals surface area (Å²) in [6.07, 6.45) is -5.97. The number of hydrogen-bond donors (Lipinski definition) is 1. The van der Waals surface area contributed by atoms with E-state index in [0.29, 0.717) is 6.07 Å². The first-order valence-electron chi connectivity index (χ1n) is 5.69. The van der Waals surface area contributed by atoms with Gasteiger partial charge >= 0.3 is 18.1 Å². The first-order valence-corrected chi connectivity index (χ1v) is 5.69. The monoisotopic (exact) mass is 309 g/mol. The van der Waals surface area contributed by atoms with E-state index in [4.69, 9.17) is 5.11 Å². The fraction of sp³-hybridized carbons (Fsp3) is 0.333. The zero-order chi connectivity index (χ0) is 15.9. The van der Waals surface area contributed by atoms with Crippen molar-refractivity contribution in [1.29, 1.82) is 0 Å². The summed E-state index contributed by atoms with van der Waals surface area (Å²) in [5.41, 5.74) is -0.377. The van der Waals surface area contributed by atoms with E-state index in [1.54, 1.807) is 0 Å². The van der Waals surface area contributed by atoms with Crippen molar-refractivity contribution in [2.24, 2.45) is 0 Å². The molecule has 0 bridgehead atoms. The molecule has 1 aliphatic rings. The van der Waals surface area contributed by atoms with E-state index in [-0.39, 0.29) is 16.0 Å². The van der Waals surface area contributed by atoms with Gasteiger partial charge in [-0.1, -0.05) is 6.07 Å².